The number of carbonyl (C=O) groups is 2. The number of aryl methyl sites for hydroxylation is 1. The summed E-state index contributed by atoms with van der Waals surface area (Å²) in [5, 5.41) is 20.8. The Balaban J connectivity index is 3.10. The molecule has 1 heterocycles. The molecular weight excluding hydrogens is 188 g/mol. The van der Waals surface area contributed by atoms with Gasteiger partial charge in [-0.1, -0.05) is 0 Å². The van der Waals surface area contributed by atoms with Crippen molar-refractivity contribution in [1.29, 1.82) is 0 Å². The SMILES string of the molecule is Cn1ncc(/C=C/C(=O)O)c1C(=O)O. The fourth-order valence-electron chi connectivity index (χ4n) is 0.999. The van der Waals surface area contributed by atoms with E-state index < -0.39 is 11.9 Å². The Labute approximate surface area is 79.1 Å². The standard InChI is InChI=1S/C8H8N2O4/c1-10-7(8(13)14)5(4-9-10)2-3-6(11)12/h2-4H,1H3,(H,11,12)(H,13,14)/b3-2+. The van der Waals surface area contributed by atoms with E-state index in [9.17, 15) is 9.59 Å². The minimum absolute atomic E-state index is 0.0394. The predicted molar refractivity (Wildman–Crippen MR) is 46.8 cm³/mol. The second-order valence-corrected chi connectivity index (χ2v) is 2.55. The molecular formula is C8H8N2O4. The first-order valence-electron chi connectivity index (χ1n) is 3.68. The zero-order valence-corrected chi connectivity index (χ0v) is 7.34. The lowest BCUT2D eigenvalue weighted by atomic mass is 10.2. The molecule has 0 bridgehead atoms. The Hall–Kier alpha value is -2.11. The number of aliphatic carboxylic acids is 1. The zero-order chi connectivity index (χ0) is 10.7. The Morgan fingerprint density at radius 3 is 2.64 bits per heavy atom. The highest BCUT2D eigenvalue weighted by atomic mass is 16.4. The molecule has 0 atom stereocenters. The van der Waals surface area contributed by atoms with E-state index in [0.717, 1.165) is 6.08 Å². The van der Waals surface area contributed by atoms with Crippen molar-refractivity contribution >= 4 is 18.0 Å². The molecule has 1 aromatic rings. The van der Waals surface area contributed by atoms with Crippen LogP contribution in [0.3, 0.4) is 0 Å². The van der Waals surface area contributed by atoms with Gasteiger partial charge in [0.25, 0.3) is 0 Å². The van der Waals surface area contributed by atoms with Crippen LogP contribution < -0.4 is 0 Å². The quantitative estimate of drug-likeness (QED) is 0.674. The first kappa shape index (κ1) is 9.97. The minimum Gasteiger partial charge on any atom is -0.478 e. The van der Waals surface area contributed by atoms with Crippen molar-refractivity contribution in [3.63, 3.8) is 0 Å². The molecule has 1 aromatic heterocycles. The van der Waals surface area contributed by atoms with Crippen LogP contribution in [0.5, 0.6) is 0 Å². The van der Waals surface area contributed by atoms with Crippen LogP contribution in [0, 0.1) is 0 Å². The van der Waals surface area contributed by atoms with Gasteiger partial charge in [-0.25, -0.2) is 9.59 Å². The number of carboxylic acids is 2. The van der Waals surface area contributed by atoms with Gasteiger partial charge in [-0.15, -0.1) is 0 Å². The number of carboxylic acid groups (broad SMARTS) is 2. The molecule has 0 amide bonds. The van der Waals surface area contributed by atoms with Crippen molar-refractivity contribution in [3.05, 3.63) is 23.5 Å². The Bertz CT molecular complexity index is 405. The molecule has 6 heteroatoms. The fraction of sp³-hybridized carbons (Fsp3) is 0.125. The monoisotopic (exact) mass is 196 g/mol. The molecule has 14 heavy (non-hydrogen) atoms. The van der Waals surface area contributed by atoms with E-state index in [1.807, 2.05) is 0 Å². The number of nitrogens with zero attached hydrogens (tertiary/aromatic N) is 2. The van der Waals surface area contributed by atoms with Crippen LogP contribution in [-0.2, 0) is 11.8 Å². The van der Waals surface area contributed by atoms with Gasteiger partial charge >= 0.3 is 11.9 Å². The lowest BCUT2D eigenvalue weighted by molar-refractivity contribution is -0.131. The maximum absolute atomic E-state index is 10.7. The van der Waals surface area contributed by atoms with Crippen LogP contribution in [0.2, 0.25) is 0 Å². The van der Waals surface area contributed by atoms with E-state index in [1.165, 1.54) is 24.0 Å². The molecule has 6 nitrogen and oxygen atoms in total. The van der Waals surface area contributed by atoms with Crippen LogP contribution in [0.25, 0.3) is 6.08 Å². The first-order valence-corrected chi connectivity index (χ1v) is 3.68. The average molecular weight is 196 g/mol. The number of aromatic nitrogens is 2. The summed E-state index contributed by atoms with van der Waals surface area (Å²) in [6.45, 7) is 0. The molecule has 1 rings (SSSR count). The van der Waals surface area contributed by atoms with Gasteiger partial charge in [0.05, 0.1) is 6.20 Å². The van der Waals surface area contributed by atoms with E-state index >= 15 is 0 Å². The van der Waals surface area contributed by atoms with Gasteiger partial charge < -0.3 is 10.2 Å². The van der Waals surface area contributed by atoms with E-state index in [1.54, 1.807) is 0 Å². The van der Waals surface area contributed by atoms with E-state index in [0.29, 0.717) is 0 Å². The third-order valence-corrected chi connectivity index (χ3v) is 1.58. The summed E-state index contributed by atoms with van der Waals surface area (Å²) in [6.07, 6.45) is 3.35. The van der Waals surface area contributed by atoms with Crippen molar-refractivity contribution in [3.8, 4) is 0 Å². The van der Waals surface area contributed by atoms with Crippen molar-refractivity contribution in [2.75, 3.05) is 0 Å². The summed E-state index contributed by atoms with van der Waals surface area (Å²) in [5.74, 6) is -2.28. The first-order chi connectivity index (χ1) is 6.52. The highest BCUT2D eigenvalue weighted by Crippen LogP contribution is 2.09. The summed E-state index contributed by atoms with van der Waals surface area (Å²) in [4.78, 5) is 20.9. The van der Waals surface area contributed by atoms with Gasteiger partial charge in [0.15, 0.2) is 5.69 Å². The van der Waals surface area contributed by atoms with Crippen LogP contribution in [0.4, 0.5) is 0 Å². The predicted octanol–water partition coefficient (Wildman–Crippen LogP) is 0.216. The maximum atomic E-state index is 10.7. The smallest absolute Gasteiger partial charge is 0.354 e. The number of hydrogen-bond acceptors (Lipinski definition) is 3. The highest BCUT2D eigenvalue weighted by molar-refractivity contribution is 5.92. The van der Waals surface area contributed by atoms with Gasteiger partial charge in [0.2, 0.25) is 0 Å². The van der Waals surface area contributed by atoms with Crippen LogP contribution >= 0.6 is 0 Å². The van der Waals surface area contributed by atoms with Gasteiger partial charge in [0, 0.05) is 18.7 Å². The van der Waals surface area contributed by atoms with Crippen molar-refractivity contribution in [2.45, 2.75) is 0 Å². The summed E-state index contributed by atoms with van der Waals surface area (Å²) >= 11 is 0. The van der Waals surface area contributed by atoms with E-state index in [-0.39, 0.29) is 11.3 Å². The largest absolute Gasteiger partial charge is 0.478 e. The topological polar surface area (TPSA) is 92.4 Å². The number of aromatic carboxylic acids is 1. The maximum Gasteiger partial charge on any atom is 0.354 e. The molecule has 2 N–H and O–H groups in total. The Morgan fingerprint density at radius 1 is 1.50 bits per heavy atom. The second-order valence-electron chi connectivity index (χ2n) is 2.55. The van der Waals surface area contributed by atoms with Gasteiger partial charge in [-0.3, -0.25) is 4.68 Å². The van der Waals surface area contributed by atoms with Crippen molar-refractivity contribution < 1.29 is 19.8 Å². The van der Waals surface area contributed by atoms with Crippen LogP contribution in [0.15, 0.2) is 12.3 Å². The van der Waals surface area contributed by atoms with Gasteiger partial charge in [-0.05, 0) is 6.08 Å². The second kappa shape index (κ2) is 3.73. The molecule has 0 aliphatic carbocycles. The fourth-order valence-corrected chi connectivity index (χ4v) is 0.999. The summed E-state index contributed by atoms with van der Waals surface area (Å²) in [5.41, 5.74) is 0.227. The summed E-state index contributed by atoms with van der Waals surface area (Å²) < 4.78 is 1.17. The average Bonchev–Trinajstić information content (AvgIpc) is 2.43. The van der Waals surface area contributed by atoms with Crippen molar-refractivity contribution in [1.82, 2.24) is 9.78 Å². The van der Waals surface area contributed by atoms with Crippen molar-refractivity contribution in [2.24, 2.45) is 7.05 Å². The summed E-state index contributed by atoms with van der Waals surface area (Å²) in [7, 11) is 1.47. The molecule has 0 spiro atoms. The molecule has 0 aliphatic heterocycles. The van der Waals surface area contributed by atoms with E-state index in [4.69, 9.17) is 10.2 Å². The third-order valence-electron chi connectivity index (χ3n) is 1.58. The lowest BCUT2D eigenvalue weighted by Gasteiger charge is -1.95. The molecule has 0 saturated heterocycles. The zero-order valence-electron chi connectivity index (χ0n) is 7.34. The molecule has 74 valence electrons. The normalized spacial score (nSPS) is 10.6. The number of hydrogen-bond donors (Lipinski definition) is 2. The molecule has 0 fully saturated rings. The lowest BCUT2D eigenvalue weighted by Crippen LogP contribution is -2.06. The third kappa shape index (κ3) is 1.98. The number of rotatable bonds is 3. The van der Waals surface area contributed by atoms with E-state index in [2.05, 4.69) is 5.10 Å². The molecule has 0 aliphatic rings. The van der Waals surface area contributed by atoms with Gasteiger partial charge in [-0.2, -0.15) is 5.10 Å². The molecule has 0 radical (unpaired) electrons. The van der Waals surface area contributed by atoms with Crippen LogP contribution in [0.1, 0.15) is 16.1 Å². The minimum atomic E-state index is -1.14. The molecule has 0 saturated carbocycles. The highest BCUT2D eigenvalue weighted by Gasteiger charge is 2.13. The van der Waals surface area contributed by atoms with Crippen LogP contribution in [-0.4, -0.2) is 31.9 Å². The Kier molecular flexibility index (Phi) is 2.66. The van der Waals surface area contributed by atoms with Gasteiger partial charge in [0.1, 0.15) is 0 Å². The molecule has 0 aromatic carbocycles. The summed E-state index contributed by atoms with van der Waals surface area (Å²) in [6, 6.07) is 0. The Morgan fingerprint density at radius 2 is 2.14 bits per heavy atom. The molecule has 0 unspecified atom stereocenters.